The zero-order chi connectivity index (χ0) is 18.5. The van der Waals surface area contributed by atoms with E-state index in [2.05, 4.69) is 20.2 Å². The number of nitrogens with one attached hydrogen (secondary N) is 1. The van der Waals surface area contributed by atoms with Crippen LogP contribution in [0, 0.1) is 18.6 Å². The van der Waals surface area contributed by atoms with E-state index in [4.69, 9.17) is 0 Å². The third-order valence-electron chi connectivity index (χ3n) is 4.27. The predicted octanol–water partition coefficient (Wildman–Crippen LogP) is 1.86. The van der Waals surface area contributed by atoms with Gasteiger partial charge in [-0.05, 0) is 24.6 Å². The van der Waals surface area contributed by atoms with Gasteiger partial charge in [0.05, 0.1) is 13.1 Å². The average molecular weight is 377 g/mol. The number of amides is 1. The lowest BCUT2D eigenvalue weighted by Crippen LogP contribution is -2.61. The molecule has 0 unspecified atom stereocenters. The van der Waals surface area contributed by atoms with E-state index in [9.17, 15) is 18.7 Å². The quantitative estimate of drug-likeness (QED) is 0.727. The molecule has 1 amide bonds. The summed E-state index contributed by atoms with van der Waals surface area (Å²) in [6.45, 7) is 1.73. The van der Waals surface area contributed by atoms with E-state index in [-0.39, 0.29) is 30.3 Å². The molecule has 1 aliphatic heterocycles. The van der Waals surface area contributed by atoms with Crippen LogP contribution in [0.3, 0.4) is 0 Å². The van der Waals surface area contributed by atoms with E-state index in [0.29, 0.717) is 15.7 Å². The molecule has 0 spiro atoms. The molecule has 26 heavy (non-hydrogen) atoms. The molecule has 0 atom stereocenters. The Kier molecular flexibility index (Phi) is 3.81. The lowest BCUT2D eigenvalue weighted by atomic mass is 9.85. The predicted molar refractivity (Wildman–Crippen MR) is 88.4 cm³/mol. The summed E-state index contributed by atoms with van der Waals surface area (Å²) in [5, 5.41) is 17.6. The van der Waals surface area contributed by atoms with Crippen LogP contribution >= 0.6 is 11.3 Å². The van der Waals surface area contributed by atoms with Crippen molar-refractivity contribution in [2.24, 2.45) is 0 Å². The molecule has 4 rings (SSSR count). The number of aryl methyl sites for hydroxylation is 1. The number of rotatable bonds is 3. The van der Waals surface area contributed by atoms with E-state index in [1.807, 2.05) is 0 Å². The normalized spacial score (nSPS) is 15.8. The van der Waals surface area contributed by atoms with Crippen LogP contribution in [-0.2, 0) is 5.60 Å². The Labute approximate surface area is 150 Å². The first kappa shape index (κ1) is 16.7. The smallest absolute Gasteiger partial charge is 0.273 e. The second kappa shape index (κ2) is 5.92. The molecular weight excluding hydrogens is 364 g/mol. The summed E-state index contributed by atoms with van der Waals surface area (Å²) in [5.74, 6) is -1.88. The second-order valence-electron chi connectivity index (χ2n) is 6.08. The van der Waals surface area contributed by atoms with Gasteiger partial charge < -0.3 is 10.0 Å². The summed E-state index contributed by atoms with van der Waals surface area (Å²) in [5.41, 5.74) is -0.895. The van der Waals surface area contributed by atoms with E-state index < -0.39 is 17.2 Å². The van der Waals surface area contributed by atoms with Crippen LogP contribution in [0.1, 0.15) is 20.9 Å². The van der Waals surface area contributed by atoms with Gasteiger partial charge in [-0.1, -0.05) is 6.07 Å². The lowest BCUT2D eigenvalue weighted by molar-refractivity contribution is -0.0867. The topological polar surface area (TPSA) is 95.0 Å². The third-order valence-corrected chi connectivity index (χ3v) is 5.24. The van der Waals surface area contributed by atoms with Crippen molar-refractivity contribution in [1.82, 2.24) is 25.1 Å². The number of benzene rings is 1. The fourth-order valence-corrected chi connectivity index (χ4v) is 3.70. The maximum absolute atomic E-state index is 13.4. The molecule has 7 nitrogen and oxygen atoms in total. The molecule has 2 aromatic heterocycles. The number of thiazole rings is 1. The summed E-state index contributed by atoms with van der Waals surface area (Å²) in [6.07, 6.45) is 1.35. The Morgan fingerprint density at radius 3 is 2.77 bits per heavy atom. The number of carbonyl (C=O) groups is 1. The number of H-pyrrole nitrogens is 1. The number of aromatic nitrogens is 4. The van der Waals surface area contributed by atoms with Crippen LogP contribution in [0.2, 0.25) is 0 Å². The monoisotopic (exact) mass is 377 g/mol. The number of hydrogen-bond acceptors (Lipinski definition) is 6. The van der Waals surface area contributed by atoms with Crippen molar-refractivity contribution < 1.29 is 18.7 Å². The first-order valence-electron chi connectivity index (χ1n) is 7.68. The molecule has 0 aliphatic carbocycles. The summed E-state index contributed by atoms with van der Waals surface area (Å²) >= 11 is 1.31. The van der Waals surface area contributed by atoms with Gasteiger partial charge in [-0.2, -0.15) is 5.10 Å². The van der Waals surface area contributed by atoms with E-state index in [1.54, 1.807) is 6.92 Å². The molecule has 2 N–H and O–H groups in total. The molecule has 134 valence electrons. The molecule has 0 radical (unpaired) electrons. The van der Waals surface area contributed by atoms with E-state index >= 15 is 0 Å². The van der Waals surface area contributed by atoms with Gasteiger partial charge in [-0.25, -0.2) is 18.7 Å². The molecule has 1 aromatic carbocycles. The Morgan fingerprint density at radius 2 is 2.12 bits per heavy atom. The fraction of sp³-hybridized carbons (Fsp3) is 0.250. The van der Waals surface area contributed by atoms with Gasteiger partial charge >= 0.3 is 0 Å². The Bertz CT molecular complexity index is 983. The summed E-state index contributed by atoms with van der Waals surface area (Å²) in [7, 11) is 0. The summed E-state index contributed by atoms with van der Waals surface area (Å²) in [4.78, 5) is 23.1. The molecule has 3 aromatic rings. The van der Waals surface area contributed by atoms with E-state index in [1.165, 1.54) is 28.6 Å². The molecule has 1 aliphatic rings. The molecular formula is C16H13F2N5O2S. The van der Waals surface area contributed by atoms with Crippen molar-refractivity contribution in [1.29, 1.82) is 0 Å². The maximum Gasteiger partial charge on any atom is 0.273 e. The standard InChI is InChI=1S/C16H13F2N5O2S/c1-8-12(21-14(26-8)13-19-7-20-22-13)15(24)23-5-16(25,6-23)9-2-3-10(17)11(18)4-9/h2-4,7,25H,5-6H2,1H3,(H,19,20,22). The van der Waals surface area contributed by atoms with Gasteiger partial charge in [0.1, 0.15) is 17.6 Å². The zero-order valence-electron chi connectivity index (χ0n) is 13.5. The average Bonchev–Trinajstić information content (AvgIpc) is 3.23. The van der Waals surface area contributed by atoms with Gasteiger partial charge in [-0.15, -0.1) is 11.3 Å². The SMILES string of the molecule is Cc1sc(-c2ncn[nH]2)nc1C(=O)N1CC(O)(c2ccc(F)c(F)c2)C1. The maximum atomic E-state index is 13.4. The van der Waals surface area contributed by atoms with Crippen LogP contribution < -0.4 is 0 Å². The number of nitrogens with zero attached hydrogens (tertiary/aromatic N) is 4. The minimum Gasteiger partial charge on any atom is -0.381 e. The lowest BCUT2D eigenvalue weighted by Gasteiger charge is -2.46. The van der Waals surface area contributed by atoms with Gasteiger partial charge in [0.25, 0.3) is 5.91 Å². The summed E-state index contributed by atoms with van der Waals surface area (Å²) < 4.78 is 26.4. The van der Waals surface area contributed by atoms with Crippen LogP contribution in [-0.4, -0.2) is 49.2 Å². The fourth-order valence-electron chi connectivity index (χ4n) is 2.85. The van der Waals surface area contributed by atoms with Gasteiger partial charge in [0.2, 0.25) is 0 Å². The number of carbonyl (C=O) groups excluding carboxylic acids is 1. The zero-order valence-corrected chi connectivity index (χ0v) is 14.3. The van der Waals surface area contributed by atoms with Crippen LogP contribution in [0.15, 0.2) is 24.5 Å². The van der Waals surface area contributed by atoms with Gasteiger partial charge in [0.15, 0.2) is 22.5 Å². The van der Waals surface area contributed by atoms with Gasteiger partial charge in [0, 0.05) is 4.88 Å². The minimum absolute atomic E-state index is 0.0223. The Morgan fingerprint density at radius 1 is 1.35 bits per heavy atom. The van der Waals surface area contributed by atoms with Gasteiger partial charge in [-0.3, -0.25) is 9.89 Å². The van der Waals surface area contributed by atoms with E-state index in [0.717, 1.165) is 12.1 Å². The number of aliphatic hydroxyl groups is 1. The second-order valence-corrected chi connectivity index (χ2v) is 7.28. The number of aromatic amines is 1. The van der Waals surface area contributed by atoms with Crippen molar-refractivity contribution in [3.63, 3.8) is 0 Å². The third kappa shape index (κ3) is 2.67. The van der Waals surface area contributed by atoms with Crippen LogP contribution in [0.4, 0.5) is 8.78 Å². The largest absolute Gasteiger partial charge is 0.381 e. The number of β-amino-alcohol motifs (C(OH)–C–C–N with tert-alkyl or cyclic N) is 1. The highest BCUT2D eigenvalue weighted by molar-refractivity contribution is 7.15. The highest BCUT2D eigenvalue weighted by atomic mass is 32.1. The van der Waals surface area contributed by atoms with Crippen molar-refractivity contribution in [2.45, 2.75) is 12.5 Å². The molecule has 0 bridgehead atoms. The molecule has 1 saturated heterocycles. The molecule has 3 heterocycles. The van der Waals surface area contributed by atoms with Crippen molar-refractivity contribution in [2.75, 3.05) is 13.1 Å². The highest BCUT2D eigenvalue weighted by Crippen LogP contribution is 2.35. The Hall–Kier alpha value is -2.72. The number of likely N-dealkylation sites (tertiary alicyclic amines) is 1. The van der Waals surface area contributed by atoms with Crippen molar-refractivity contribution >= 4 is 17.2 Å². The van der Waals surface area contributed by atoms with Crippen molar-refractivity contribution in [3.05, 3.63) is 52.3 Å². The molecule has 10 heteroatoms. The van der Waals surface area contributed by atoms with Crippen LogP contribution in [0.25, 0.3) is 10.8 Å². The Balaban J connectivity index is 1.52. The molecule has 0 saturated carbocycles. The number of hydrogen-bond donors (Lipinski definition) is 2. The first-order valence-corrected chi connectivity index (χ1v) is 8.49. The minimum atomic E-state index is -1.40. The highest BCUT2D eigenvalue weighted by Gasteiger charge is 2.46. The number of halogens is 2. The summed E-state index contributed by atoms with van der Waals surface area (Å²) in [6, 6.07) is 3.23. The first-order chi connectivity index (χ1) is 12.4. The van der Waals surface area contributed by atoms with Crippen LogP contribution in [0.5, 0.6) is 0 Å². The van der Waals surface area contributed by atoms with Crippen molar-refractivity contribution in [3.8, 4) is 10.8 Å². The molecule has 1 fully saturated rings.